The van der Waals surface area contributed by atoms with Crippen LogP contribution in [0.1, 0.15) is 26.7 Å². The molecule has 6 nitrogen and oxygen atoms in total. The second kappa shape index (κ2) is 5.99. The van der Waals surface area contributed by atoms with E-state index in [0.29, 0.717) is 13.1 Å². The van der Waals surface area contributed by atoms with Crippen LogP contribution in [-0.4, -0.2) is 77.1 Å². The van der Waals surface area contributed by atoms with Crippen LogP contribution < -0.4 is 0 Å². The number of aliphatic carboxylic acids is 1. The normalized spacial score (nSPS) is 32.2. The average molecular weight is 283 g/mol. The number of rotatable bonds is 1. The third kappa shape index (κ3) is 2.90. The van der Waals surface area contributed by atoms with Gasteiger partial charge in [-0.05, 0) is 39.3 Å². The van der Waals surface area contributed by atoms with E-state index in [1.807, 2.05) is 18.7 Å². The van der Waals surface area contributed by atoms with E-state index in [1.54, 1.807) is 4.90 Å². The van der Waals surface area contributed by atoms with Gasteiger partial charge in [0.05, 0.1) is 0 Å². The van der Waals surface area contributed by atoms with Gasteiger partial charge in [-0.1, -0.05) is 6.92 Å². The van der Waals surface area contributed by atoms with E-state index in [2.05, 4.69) is 11.9 Å². The molecule has 0 aliphatic carbocycles. The molecule has 1 N–H and O–H groups in total. The molecule has 3 atom stereocenters. The summed E-state index contributed by atoms with van der Waals surface area (Å²) in [6.07, 6.45) is 1.71. The van der Waals surface area contributed by atoms with Gasteiger partial charge in [-0.15, -0.1) is 0 Å². The Labute approximate surface area is 120 Å². The molecule has 114 valence electrons. The quantitative estimate of drug-likeness (QED) is 0.777. The fourth-order valence-electron chi connectivity index (χ4n) is 3.36. The van der Waals surface area contributed by atoms with Gasteiger partial charge in [0.25, 0.3) is 0 Å². The molecule has 2 amide bonds. The molecule has 2 heterocycles. The van der Waals surface area contributed by atoms with Gasteiger partial charge in [-0.2, -0.15) is 0 Å². The van der Waals surface area contributed by atoms with Crippen LogP contribution in [-0.2, 0) is 4.79 Å². The van der Waals surface area contributed by atoms with Crippen LogP contribution in [0.2, 0.25) is 0 Å². The summed E-state index contributed by atoms with van der Waals surface area (Å²) < 4.78 is 0. The van der Waals surface area contributed by atoms with Crippen LogP contribution in [0.25, 0.3) is 0 Å². The number of carbonyl (C=O) groups excluding carboxylic acids is 1. The van der Waals surface area contributed by atoms with Crippen molar-refractivity contribution in [3.05, 3.63) is 0 Å². The Bertz CT molecular complexity index is 388. The number of likely N-dealkylation sites (tertiary alicyclic amines) is 1. The van der Waals surface area contributed by atoms with Crippen molar-refractivity contribution in [1.29, 1.82) is 0 Å². The van der Waals surface area contributed by atoms with E-state index in [9.17, 15) is 14.7 Å². The SMILES string of the molecule is CC1CCN(C(=O)N2CCCN(C)CC2C)C1C(=O)O. The highest BCUT2D eigenvalue weighted by Gasteiger charge is 2.42. The predicted octanol–water partition coefficient (Wildman–Crippen LogP) is 0.927. The minimum Gasteiger partial charge on any atom is -0.480 e. The van der Waals surface area contributed by atoms with Crippen molar-refractivity contribution in [3.8, 4) is 0 Å². The summed E-state index contributed by atoms with van der Waals surface area (Å²) in [6.45, 7) is 7.03. The first-order chi connectivity index (χ1) is 9.41. The summed E-state index contributed by atoms with van der Waals surface area (Å²) >= 11 is 0. The van der Waals surface area contributed by atoms with Crippen molar-refractivity contribution in [1.82, 2.24) is 14.7 Å². The molecular formula is C14H25N3O3. The molecule has 2 rings (SSSR count). The molecule has 2 aliphatic heterocycles. The van der Waals surface area contributed by atoms with E-state index in [1.165, 1.54) is 0 Å². The van der Waals surface area contributed by atoms with E-state index >= 15 is 0 Å². The number of hydrogen-bond acceptors (Lipinski definition) is 3. The van der Waals surface area contributed by atoms with Gasteiger partial charge >= 0.3 is 12.0 Å². The van der Waals surface area contributed by atoms with Crippen molar-refractivity contribution in [2.45, 2.75) is 38.8 Å². The van der Waals surface area contributed by atoms with E-state index in [0.717, 1.165) is 25.9 Å². The number of urea groups is 1. The monoisotopic (exact) mass is 283 g/mol. The van der Waals surface area contributed by atoms with E-state index in [-0.39, 0.29) is 18.0 Å². The Morgan fingerprint density at radius 3 is 2.45 bits per heavy atom. The number of carboxylic acid groups (broad SMARTS) is 1. The summed E-state index contributed by atoms with van der Waals surface area (Å²) in [4.78, 5) is 29.7. The van der Waals surface area contributed by atoms with Crippen molar-refractivity contribution >= 4 is 12.0 Å². The zero-order valence-electron chi connectivity index (χ0n) is 12.6. The lowest BCUT2D eigenvalue weighted by Gasteiger charge is -2.34. The van der Waals surface area contributed by atoms with Crippen LogP contribution in [0.15, 0.2) is 0 Å². The zero-order valence-corrected chi connectivity index (χ0v) is 12.6. The van der Waals surface area contributed by atoms with Crippen LogP contribution in [0.3, 0.4) is 0 Å². The molecule has 0 radical (unpaired) electrons. The maximum atomic E-state index is 12.7. The van der Waals surface area contributed by atoms with Gasteiger partial charge in [0, 0.05) is 25.7 Å². The first-order valence-corrected chi connectivity index (χ1v) is 7.40. The molecule has 0 aromatic carbocycles. The highest BCUT2D eigenvalue weighted by Crippen LogP contribution is 2.26. The van der Waals surface area contributed by atoms with Crippen LogP contribution in [0.4, 0.5) is 4.79 Å². The first kappa shape index (κ1) is 15.1. The van der Waals surface area contributed by atoms with Crippen molar-refractivity contribution in [2.75, 3.05) is 33.2 Å². The molecule has 3 unspecified atom stereocenters. The van der Waals surface area contributed by atoms with E-state index in [4.69, 9.17) is 0 Å². The van der Waals surface area contributed by atoms with Gasteiger partial charge in [-0.3, -0.25) is 0 Å². The number of nitrogens with zero attached hydrogens (tertiary/aromatic N) is 3. The largest absolute Gasteiger partial charge is 0.480 e. The van der Waals surface area contributed by atoms with Crippen molar-refractivity contribution in [2.24, 2.45) is 5.92 Å². The van der Waals surface area contributed by atoms with Crippen LogP contribution >= 0.6 is 0 Å². The minimum atomic E-state index is -0.886. The Morgan fingerprint density at radius 2 is 1.80 bits per heavy atom. The summed E-state index contributed by atoms with van der Waals surface area (Å²) in [5, 5.41) is 9.34. The lowest BCUT2D eigenvalue weighted by Crippen LogP contribution is -2.52. The second-order valence-corrected chi connectivity index (χ2v) is 6.18. The average Bonchev–Trinajstić information content (AvgIpc) is 2.66. The van der Waals surface area contributed by atoms with Gasteiger partial charge in [-0.25, -0.2) is 9.59 Å². The highest BCUT2D eigenvalue weighted by molar-refractivity contribution is 5.83. The topological polar surface area (TPSA) is 64.1 Å². The second-order valence-electron chi connectivity index (χ2n) is 6.18. The number of carboxylic acids is 1. The minimum absolute atomic E-state index is 0.0291. The summed E-state index contributed by atoms with van der Waals surface area (Å²) in [7, 11) is 2.06. The lowest BCUT2D eigenvalue weighted by atomic mass is 10.0. The molecule has 0 bridgehead atoms. The molecule has 0 aromatic heterocycles. The molecule has 0 aromatic rings. The lowest BCUT2D eigenvalue weighted by molar-refractivity contribution is -0.142. The molecule has 20 heavy (non-hydrogen) atoms. The van der Waals surface area contributed by atoms with Gasteiger partial charge in [0.15, 0.2) is 0 Å². The fraction of sp³-hybridized carbons (Fsp3) is 0.857. The Morgan fingerprint density at radius 1 is 1.10 bits per heavy atom. The standard InChI is InChI=1S/C14H25N3O3/c1-10-5-8-17(12(10)13(18)19)14(20)16-7-4-6-15(3)9-11(16)2/h10-12H,4-9H2,1-3H3,(H,18,19). The third-order valence-corrected chi connectivity index (χ3v) is 4.49. The number of carbonyl (C=O) groups is 2. The van der Waals surface area contributed by atoms with Gasteiger partial charge < -0.3 is 19.8 Å². The fourth-order valence-corrected chi connectivity index (χ4v) is 3.36. The molecular weight excluding hydrogens is 258 g/mol. The van der Waals surface area contributed by atoms with Crippen molar-refractivity contribution < 1.29 is 14.7 Å². The first-order valence-electron chi connectivity index (χ1n) is 7.40. The maximum Gasteiger partial charge on any atom is 0.326 e. The van der Waals surface area contributed by atoms with Gasteiger partial charge in [0.2, 0.25) is 0 Å². The number of amides is 2. The molecule has 6 heteroatoms. The Balaban J connectivity index is 2.11. The molecule has 2 fully saturated rings. The molecule has 2 aliphatic rings. The molecule has 0 spiro atoms. The van der Waals surface area contributed by atoms with Gasteiger partial charge in [0.1, 0.15) is 6.04 Å². The Kier molecular flexibility index (Phi) is 4.52. The summed E-state index contributed by atoms with van der Waals surface area (Å²) in [5.74, 6) is -0.857. The number of hydrogen-bond donors (Lipinski definition) is 1. The zero-order chi connectivity index (χ0) is 14.9. The molecule has 2 saturated heterocycles. The van der Waals surface area contributed by atoms with E-state index < -0.39 is 12.0 Å². The summed E-state index contributed by atoms with van der Waals surface area (Å²) in [5.41, 5.74) is 0. The van der Waals surface area contributed by atoms with Crippen molar-refractivity contribution in [3.63, 3.8) is 0 Å². The van der Waals surface area contributed by atoms with Crippen LogP contribution in [0.5, 0.6) is 0 Å². The number of likely N-dealkylation sites (N-methyl/N-ethyl adjacent to an activating group) is 1. The molecule has 0 saturated carbocycles. The third-order valence-electron chi connectivity index (χ3n) is 4.49. The smallest absolute Gasteiger partial charge is 0.326 e. The predicted molar refractivity (Wildman–Crippen MR) is 75.6 cm³/mol. The van der Waals surface area contributed by atoms with Crippen LogP contribution in [0, 0.1) is 5.92 Å². The maximum absolute atomic E-state index is 12.7. The highest BCUT2D eigenvalue weighted by atomic mass is 16.4. The Hall–Kier alpha value is -1.30. The summed E-state index contributed by atoms with van der Waals surface area (Å²) in [6, 6.07) is -0.652.